The number of aromatic nitrogens is 1. The number of carboxylic acids is 1. The Balaban J connectivity index is 1.26. The van der Waals surface area contributed by atoms with Gasteiger partial charge < -0.3 is 49.1 Å². The van der Waals surface area contributed by atoms with E-state index in [0.717, 1.165) is 5.56 Å². The van der Waals surface area contributed by atoms with Crippen LogP contribution in [-0.4, -0.2) is 70.3 Å². The largest absolute Gasteiger partial charge is 0.661 e. The van der Waals surface area contributed by atoms with E-state index in [2.05, 4.69) is 4.98 Å². The molecule has 1 spiro atoms. The van der Waals surface area contributed by atoms with Crippen molar-refractivity contribution in [2.45, 2.75) is 30.2 Å². The van der Waals surface area contributed by atoms with Crippen molar-refractivity contribution in [1.29, 1.82) is 0 Å². The van der Waals surface area contributed by atoms with Gasteiger partial charge in [-0.1, -0.05) is 23.5 Å². The Labute approximate surface area is 221 Å². The van der Waals surface area contributed by atoms with Crippen LogP contribution in [0.2, 0.25) is 0 Å². The van der Waals surface area contributed by atoms with Crippen molar-refractivity contribution >= 4 is 29.6 Å². The Morgan fingerprint density at radius 2 is 1.87 bits per heavy atom. The highest BCUT2D eigenvalue weighted by Gasteiger charge is 2.60. The van der Waals surface area contributed by atoms with Crippen molar-refractivity contribution < 1.29 is 48.9 Å². The zero-order valence-corrected chi connectivity index (χ0v) is 20.6. The lowest BCUT2D eigenvalue weighted by Crippen LogP contribution is -2.69. The van der Waals surface area contributed by atoms with Crippen LogP contribution in [0.15, 0.2) is 54.7 Å². The maximum atomic E-state index is 12.2. The molecule has 1 fully saturated rings. The molecule has 4 heterocycles. The highest BCUT2D eigenvalue weighted by molar-refractivity contribution is 5.91. The van der Waals surface area contributed by atoms with Crippen LogP contribution in [-0.2, 0) is 14.3 Å². The minimum Gasteiger partial charge on any atom is -0.661 e. The molecule has 6 rings (SSSR count). The quantitative estimate of drug-likeness (QED) is 0.358. The maximum absolute atomic E-state index is 12.2. The SMILES string of the molecule is COc1ccc(C2=C(O)c3ccc(OC4OC(C(=O)O)C5(C=c6cc[n-]c6=CO5)C(O)C4O)cc3OC2)cc1. The molecule has 3 aliphatic heterocycles. The molecule has 1 aromatic heterocycles. The Kier molecular flexibility index (Phi) is 5.98. The third kappa shape index (κ3) is 4.07. The van der Waals surface area contributed by atoms with E-state index in [4.69, 9.17) is 23.7 Å². The van der Waals surface area contributed by atoms with E-state index < -0.39 is 36.2 Å². The first-order valence-corrected chi connectivity index (χ1v) is 12.0. The molecular weight excluding hydrogens is 510 g/mol. The van der Waals surface area contributed by atoms with Crippen LogP contribution >= 0.6 is 0 Å². The van der Waals surface area contributed by atoms with Gasteiger partial charge in [-0.05, 0) is 41.1 Å². The van der Waals surface area contributed by atoms with Crippen LogP contribution in [0.25, 0.3) is 23.7 Å². The number of aliphatic carboxylic acids is 1. The summed E-state index contributed by atoms with van der Waals surface area (Å²) in [5.41, 5.74) is -0.121. The molecule has 11 heteroatoms. The van der Waals surface area contributed by atoms with E-state index in [9.17, 15) is 25.2 Å². The second-order valence-corrected chi connectivity index (χ2v) is 9.30. The Morgan fingerprint density at radius 3 is 2.62 bits per heavy atom. The average molecular weight is 534 g/mol. The standard InChI is InChI=1S/C28H24NO10/c1-35-16-4-2-14(3-5-16)19-12-36-21-10-17(6-7-18(21)22(19)30)38-27-23(31)24(32)28(25(39-27)26(33)34)11-15-8-9-29-20(15)13-37-28/h2-11,13,23-25,27,30-32H,12H2,1H3,(H,33,34)/q-1. The summed E-state index contributed by atoms with van der Waals surface area (Å²) in [7, 11) is 1.57. The molecule has 0 bridgehead atoms. The molecule has 202 valence electrons. The summed E-state index contributed by atoms with van der Waals surface area (Å²) in [6.45, 7) is 0.0851. The molecule has 5 unspecified atom stereocenters. The van der Waals surface area contributed by atoms with E-state index in [1.165, 1.54) is 30.7 Å². The monoisotopic (exact) mass is 534 g/mol. The molecule has 0 saturated carbocycles. The number of hydrogen-bond acceptors (Lipinski definition) is 9. The smallest absolute Gasteiger partial charge is 0.337 e. The molecule has 0 aliphatic carbocycles. The number of rotatable bonds is 5. The summed E-state index contributed by atoms with van der Waals surface area (Å²) in [6, 6.07) is 13.4. The van der Waals surface area contributed by atoms with Crippen LogP contribution in [0.5, 0.6) is 17.2 Å². The maximum Gasteiger partial charge on any atom is 0.337 e. The van der Waals surface area contributed by atoms with E-state index in [1.54, 1.807) is 31.4 Å². The number of ether oxygens (including phenoxy) is 5. The van der Waals surface area contributed by atoms with E-state index in [0.29, 0.717) is 33.2 Å². The number of methoxy groups -OCH3 is 1. The van der Waals surface area contributed by atoms with Gasteiger partial charge in [0.2, 0.25) is 12.4 Å². The molecule has 1 saturated heterocycles. The molecule has 39 heavy (non-hydrogen) atoms. The summed E-state index contributed by atoms with van der Waals surface area (Å²) in [6.07, 6.45) is -2.53. The minimum atomic E-state index is -1.90. The number of fused-ring (bicyclic) bond motifs is 2. The average Bonchev–Trinajstić information content (AvgIpc) is 3.41. The van der Waals surface area contributed by atoms with Gasteiger partial charge in [-0.3, -0.25) is 0 Å². The minimum absolute atomic E-state index is 0.0350. The van der Waals surface area contributed by atoms with Gasteiger partial charge in [0.25, 0.3) is 0 Å². The van der Waals surface area contributed by atoms with Crippen LogP contribution in [0, 0.1) is 0 Å². The summed E-state index contributed by atoms with van der Waals surface area (Å²) in [5.74, 6) is -0.225. The van der Waals surface area contributed by atoms with Gasteiger partial charge in [-0.15, -0.1) is 0 Å². The predicted octanol–water partition coefficient (Wildman–Crippen LogP) is 0.369. The molecule has 3 aliphatic rings. The van der Waals surface area contributed by atoms with Gasteiger partial charge in [0.15, 0.2) is 5.60 Å². The van der Waals surface area contributed by atoms with Gasteiger partial charge >= 0.3 is 5.97 Å². The van der Waals surface area contributed by atoms with E-state index in [-0.39, 0.29) is 18.1 Å². The number of aliphatic hydroxyl groups is 3. The van der Waals surface area contributed by atoms with Gasteiger partial charge in [0.1, 0.15) is 41.8 Å². The summed E-state index contributed by atoms with van der Waals surface area (Å²) < 4.78 is 28.1. The molecular formula is C28H24NO10-. The zero-order valence-electron chi connectivity index (χ0n) is 20.6. The van der Waals surface area contributed by atoms with Crippen molar-refractivity contribution in [2.24, 2.45) is 0 Å². The highest BCUT2D eigenvalue weighted by atomic mass is 16.7. The van der Waals surface area contributed by atoms with Crippen molar-refractivity contribution in [2.75, 3.05) is 13.7 Å². The van der Waals surface area contributed by atoms with Crippen LogP contribution in [0.4, 0.5) is 0 Å². The molecule has 0 radical (unpaired) electrons. The van der Waals surface area contributed by atoms with Crippen molar-refractivity contribution in [3.05, 3.63) is 76.4 Å². The number of hydrogen-bond donors (Lipinski definition) is 4. The Hall–Kier alpha value is -4.45. The summed E-state index contributed by atoms with van der Waals surface area (Å²) in [4.78, 5) is 16.3. The molecule has 5 atom stereocenters. The molecule has 4 N–H and O–H groups in total. The number of carboxylic acid groups (broad SMARTS) is 1. The number of benzene rings is 2. The third-order valence-corrected chi connectivity index (χ3v) is 7.04. The number of aliphatic hydroxyl groups excluding tert-OH is 3. The first-order valence-electron chi connectivity index (χ1n) is 12.0. The third-order valence-electron chi connectivity index (χ3n) is 7.04. The zero-order chi connectivity index (χ0) is 27.3. The normalized spacial score (nSPS) is 27.3. The van der Waals surface area contributed by atoms with E-state index >= 15 is 0 Å². The summed E-state index contributed by atoms with van der Waals surface area (Å²) in [5, 5.41) is 43.8. The van der Waals surface area contributed by atoms with Gasteiger partial charge in [-0.25, -0.2) is 4.79 Å². The lowest BCUT2D eigenvalue weighted by atomic mass is 9.82. The van der Waals surface area contributed by atoms with Crippen molar-refractivity contribution in [3.63, 3.8) is 0 Å². The first-order chi connectivity index (χ1) is 18.8. The number of carbonyl (C=O) groups is 1. The number of nitrogens with zero attached hydrogens (tertiary/aromatic N) is 1. The topological polar surface area (TPSA) is 158 Å². The Bertz CT molecular complexity index is 1580. The van der Waals surface area contributed by atoms with Crippen LogP contribution in [0.1, 0.15) is 11.1 Å². The molecule has 11 nitrogen and oxygen atoms in total. The fraction of sp³-hybridized carbons (Fsp3) is 0.250. The fourth-order valence-corrected chi connectivity index (χ4v) is 4.96. The highest BCUT2D eigenvalue weighted by Crippen LogP contribution is 2.40. The van der Waals surface area contributed by atoms with E-state index in [1.807, 2.05) is 12.1 Å². The lowest BCUT2D eigenvalue weighted by Gasteiger charge is -2.47. The first kappa shape index (κ1) is 24.9. The summed E-state index contributed by atoms with van der Waals surface area (Å²) >= 11 is 0. The van der Waals surface area contributed by atoms with Crippen LogP contribution < -0.4 is 29.8 Å². The molecule has 3 aromatic rings. The van der Waals surface area contributed by atoms with Gasteiger partial charge in [-0.2, -0.15) is 6.20 Å². The van der Waals surface area contributed by atoms with Crippen molar-refractivity contribution in [3.8, 4) is 17.2 Å². The predicted molar refractivity (Wildman–Crippen MR) is 135 cm³/mol. The lowest BCUT2D eigenvalue weighted by molar-refractivity contribution is -0.286. The second-order valence-electron chi connectivity index (χ2n) is 9.30. The molecule has 2 aromatic carbocycles. The van der Waals surface area contributed by atoms with Gasteiger partial charge in [0.05, 0.1) is 18.9 Å². The van der Waals surface area contributed by atoms with Crippen LogP contribution in [0.3, 0.4) is 0 Å². The van der Waals surface area contributed by atoms with Gasteiger partial charge in [0, 0.05) is 11.6 Å². The fourth-order valence-electron chi connectivity index (χ4n) is 4.96. The molecule has 0 amide bonds. The Morgan fingerprint density at radius 1 is 1.10 bits per heavy atom. The van der Waals surface area contributed by atoms with Crippen molar-refractivity contribution in [1.82, 2.24) is 4.98 Å². The second kappa shape index (κ2) is 9.38.